The Morgan fingerprint density at radius 2 is 1.38 bits per heavy atom. The lowest BCUT2D eigenvalue weighted by atomic mass is 9.98. The molecule has 0 rings (SSSR count). The first-order valence-electron chi connectivity index (χ1n) is 8.25. The second kappa shape index (κ2) is 11.3. The Bertz CT molecular complexity index is 351. The molecule has 9 nitrogen and oxygen atoms in total. The molecule has 0 saturated carbocycles. The molecule has 24 heavy (non-hydrogen) atoms. The van der Waals surface area contributed by atoms with Crippen LogP contribution in [0.2, 0.25) is 0 Å². The number of rotatable bonds is 15. The molecule has 0 aliphatic rings. The van der Waals surface area contributed by atoms with Crippen molar-refractivity contribution < 1.29 is 19.3 Å². The summed E-state index contributed by atoms with van der Waals surface area (Å²) in [6.07, 6.45) is 2.08. The lowest BCUT2D eigenvalue weighted by Crippen LogP contribution is -2.42. The fraction of sp³-hybridized carbons (Fsp3) is 1.00. The maximum absolute atomic E-state index is 10.7. The van der Waals surface area contributed by atoms with E-state index < -0.39 is 11.1 Å². The van der Waals surface area contributed by atoms with Crippen LogP contribution < -0.4 is 5.32 Å². The molecule has 0 unspecified atom stereocenters. The van der Waals surface area contributed by atoms with E-state index in [0.29, 0.717) is 45.9 Å². The van der Waals surface area contributed by atoms with E-state index in [9.17, 15) is 20.2 Å². The molecule has 142 valence electrons. The van der Waals surface area contributed by atoms with Crippen LogP contribution in [0.25, 0.3) is 0 Å². The standard InChI is InChI=1S/C15H31N3O6/c1-14(2,17(19)20)7-5-6-9-23-11-12-24-10-8-16-13-15(3,4)18(21)22/h16H,5-13H2,1-4H3. The highest BCUT2D eigenvalue weighted by Crippen LogP contribution is 2.16. The zero-order valence-corrected chi connectivity index (χ0v) is 15.2. The van der Waals surface area contributed by atoms with Crippen molar-refractivity contribution in [2.24, 2.45) is 0 Å². The summed E-state index contributed by atoms with van der Waals surface area (Å²) in [7, 11) is 0. The first-order valence-corrected chi connectivity index (χ1v) is 8.25. The molecule has 0 spiro atoms. The maximum Gasteiger partial charge on any atom is 0.229 e. The highest BCUT2D eigenvalue weighted by Gasteiger charge is 2.30. The van der Waals surface area contributed by atoms with Crippen molar-refractivity contribution in [2.75, 3.05) is 39.5 Å². The lowest BCUT2D eigenvalue weighted by Gasteiger charge is -2.16. The summed E-state index contributed by atoms with van der Waals surface area (Å²) in [6, 6.07) is 0. The third-order valence-corrected chi connectivity index (χ3v) is 3.67. The Labute approximate surface area is 143 Å². The van der Waals surface area contributed by atoms with Crippen LogP contribution in [0.1, 0.15) is 47.0 Å². The average molecular weight is 349 g/mol. The van der Waals surface area contributed by atoms with Gasteiger partial charge in [-0.15, -0.1) is 0 Å². The van der Waals surface area contributed by atoms with Gasteiger partial charge in [0.15, 0.2) is 0 Å². The monoisotopic (exact) mass is 349 g/mol. The van der Waals surface area contributed by atoms with Gasteiger partial charge >= 0.3 is 0 Å². The largest absolute Gasteiger partial charge is 0.379 e. The van der Waals surface area contributed by atoms with E-state index in [0.717, 1.165) is 12.8 Å². The van der Waals surface area contributed by atoms with Gasteiger partial charge < -0.3 is 14.8 Å². The molecular weight excluding hydrogens is 318 g/mol. The maximum atomic E-state index is 10.7. The van der Waals surface area contributed by atoms with Crippen molar-refractivity contribution in [3.8, 4) is 0 Å². The fourth-order valence-electron chi connectivity index (χ4n) is 1.78. The predicted molar refractivity (Wildman–Crippen MR) is 90.5 cm³/mol. The van der Waals surface area contributed by atoms with Gasteiger partial charge in [0.1, 0.15) is 0 Å². The summed E-state index contributed by atoms with van der Waals surface area (Å²) >= 11 is 0. The molecule has 0 aliphatic carbocycles. The van der Waals surface area contributed by atoms with Gasteiger partial charge in [-0.25, -0.2) is 0 Å². The minimum absolute atomic E-state index is 0.248. The SMILES string of the molecule is CC(C)(CCCCOCCOCCNCC(C)(C)[N+](=O)[O-])[N+](=O)[O-]. The second-order valence-electron chi connectivity index (χ2n) is 7.00. The highest BCUT2D eigenvalue weighted by atomic mass is 16.6. The average Bonchev–Trinajstić information content (AvgIpc) is 2.47. The number of ether oxygens (including phenoxy) is 2. The number of hydrogen-bond donors (Lipinski definition) is 1. The van der Waals surface area contributed by atoms with Gasteiger partial charge in [0.05, 0.1) is 26.4 Å². The van der Waals surface area contributed by atoms with E-state index in [1.165, 1.54) is 0 Å². The van der Waals surface area contributed by atoms with E-state index >= 15 is 0 Å². The normalized spacial score (nSPS) is 12.3. The smallest absolute Gasteiger partial charge is 0.229 e. The number of hydrogen-bond acceptors (Lipinski definition) is 7. The van der Waals surface area contributed by atoms with Crippen molar-refractivity contribution in [1.82, 2.24) is 5.32 Å². The molecule has 0 aliphatic heterocycles. The molecule has 0 aromatic heterocycles. The molecule has 0 atom stereocenters. The Kier molecular flexibility index (Phi) is 10.7. The van der Waals surface area contributed by atoms with Crippen molar-refractivity contribution >= 4 is 0 Å². The quantitative estimate of drug-likeness (QED) is 0.272. The Balaban J connectivity index is 3.38. The summed E-state index contributed by atoms with van der Waals surface area (Å²) in [5.41, 5.74) is -1.85. The molecule has 1 N–H and O–H groups in total. The van der Waals surface area contributed by atoms with Crippen LogP contribution in [-0.2, 0) is 9.47 Å². The summed E-state index contributed by atoms with van der Waals surface area (Å²) in [4.78, 5) is 20.9. The molecule has 0 fully saturated rings. The zero-order valence-electron chi connectivity index (χ0n) is 15.2. The van der Waals surface area contributed by atoms with Crippen LogP contribution in [0.4, 0.5) is 0 Å². The first kappa shape index (κ1) is 22.7. The summed E-state index contributed by atoms with van der Waals surface area (Å²) in [5.74, 6) is 0. The summed E-state index contributed by atoms with van der Waals surface area (Å²) in [6.45, 7) is 9.20. The van der Waals surface area contributed by atoms with E-state index in [1.54, 1.807) is 27.7 Å². The molecule has 0 bridgehead atoms. The van der Waals surface area contributed by atoms with Gasteiger partial charge in [-0.3, -0.25) is 20.2 Å². The third-order valence-electron chi connectivity index (χ3n) is 3.67. The number of nitro groups is 2. The van der Waals surface area contributed by atoms with Gasteiger partial charge in [0.2, 0.25) is 11.1 Å². The molecule has 0 aromatic rings. The van der Waals surface area contributed by atoms with Crippen LogP contribution in [0, 0.1) is 20.2 Å². The molecule has 9 heteroatoms. The van der Waals surface area contributed by atoms with E-state index in [1.807, 2.05) is 0 Å². The van der Waals surface area contributed by atoms with E-state index in [4.69, 9.17) is 9.47 Å². The third kappa shape index (κ3) is 10.5. The van der Waals surface area contributed by atoms with Gasteiger partial charge in [-0.1, -0.05) is 0 Å². The molecule has 0 saturated heterocycles. The summed E-state index contributed by atoms with van der Waals surface area (Å²) in [5, 5.41) is 24.4. The van der Waals surface area contributed by atoms with E-state index in [-0.39, 0.29) is 9.85 Å². The van der Waals surface area contributed by atoms with Crippen LogP contribution in [0.3, 0.4) is 0 Å². The van der Waals surface area contributed by atoms with Gasteiger partial charge in [-0.2, -0.15) is 0 Å². The molecule has 0 heterocycles. The minimum atomic E-state index is -0.979. The molecular formula is C15H31N3O6. The molecule has 0 aromatic carbocycles. The Morgan fingerprint density at radius 3 is 1.92 bits per heavy atom. The second-order valence-corrected chi connectivity index (χ2v) is 7.00. The van der Waals surface area contributed by atoms with Crippen molar-refractivity contribution in [2.45, 2.75) is 58.0 Å². The highest BCUT2D eigenvalue weighted by molar-refractivity contribution is 4.69. The van der Waals surface area contributed by atoms with E-state index in [2.05, 4.69) is 5.32 Å². The molecule has 0 amide bonds. The van der Waals surface area contributed by atoms with Crippen LogP contribution in [0.15, 0.2) is 0 Å². The molecule has 0 radical (unpaired) electrons. The van der Waals surface area contributed by atoms with Crippen LogP contribution >= 0.6 is 0 Å². The minimum Gasteiger partial charge on any atom is -0.379 e. The Hall–Kier alpha value is -1.32. The summed E-state index contributed by atoms with van der Waals surface area (Å²) < 4.78 is 10.8. The van der Waals surface area contributed by atoms with Gasteiger partial charge in [-0.05, 0) is 12.8 Å². The number of unbranched alkanes of at least 4 members (excludes halogenated alkanes) is 1. The van der Waals surface area contributed by atoms with Crippen molar-refractivity contribution in [3.63, 3.8) is 0 Å². The predicted octanol–water partition coefficient (Wildman–Crippen LogP) is 1.89. The Morgan fingerprint density at radius 1 is 0.833 bits per heavy atom. The van der Waals surface area contributed by atoms with Gasteiger partial charge in [0, 0.05) is 57.1 Å². The number of nitrogens with one attached hydrogen (secondary N) is 1. The lowest BCUT2D eigenvalue weighted by molar-refractivity contribution is -0.561. The van der Waals surface area contributed by atoms with Crippen molar-refractivity contribution in [3.05, 3.63) is 20.2 Å². The van der Waals surface area contributed by atoms with Crippen LogP contribution in [-0.4, -0.2) is 60.4 Å². The van der Waals surface area contributed by atoms with Gasteiger partial charge in [0.25, 0.3) is 0 Å². The topological polar surface area (TPSA) is 117 Å². The first-order chi connectivity index (χ1) is 11.1. The zero-order chi connectivity index (χ0) is 18.6. The van der Waals surface area contributed by atoms with Crippen molar-refractivity contribution in [1.29, 1.82) is 0 Å². The van der Waals surface area contributed by atoms with Crippen LogP contribution in [0.5, 0.6) is 0 Å². The fourth-order valence-corrected chi connectivity index (χ4v) is 1.78. The number of nitrogens with zero attached hydrogens (tertiary/aromatic N) is 2.